The van der Waals surface area contributed by atoms with E-state index in [2.05, 4.69) is 36.4 Å². The van der Waals surface area contributed by atoms with Crippen LogP contribution in [0.3, 0.4) is 0 Å². The number of nitrogens with two attached hydrogens (primary N) is 1. The van der Waals surface area contributed by atoms with Crippen LogP contribution < -0.4 is 10.6 Å². The molecule has 0 saturated carbocycles. The van der Waals surface area contributed by atoms with E-state index in [9.17, 15) is 0 Å². The number of thiophene rings is 1. The molecule has 96 valence electrons. The molecular weight excluding hydrogens is 264 g/mol. The lowest BCUT2D eigenvalue weighted by Crippen LogP contribution is -2.22. The summed E-state index contributed by atoms with van der Waals surface area (Å²) in [5.41, 5.74) is 8.01. The first kappa shape index (κ1) is 13.4. The Morgan fingerprint density at radius 3 is 2.78 bits per heavy atom. The molecule has 0 bridgehead atoms. The number of anilines is 1. The minimum absolute atomic E-state index is 0.330. The molecule has 1 heterocycles. The van der Waals surface area contributed by atoms with Gasteiger partial charge in [-0.3, -0.25) is 0 Å². The van der Waals surface area contributed by atoms with Crippen LogP contribution in [0.4, 0.5) is 5.69 Å². The summed E-state index contributed by atoms with van der Waals surface area (Å²) < 4.78 is 0. The Labute approximate surface area is 117 Å². The standard InChI is InChI=1S/C14H17ClN2S/c1-10(14-4-3-7-18-14)17(2)13-6-5-12(15)8-11(13)9-16/h3-8,10H,9,16H2,1-2H3. The van der Waals surface area contributed by atoms with Crippen LogP contribution in [0.2, 0.25) is 5.02 Å². The maximum atomic E-state index is 6.01. The van der Waals surface area contributed by atoms with E-state index in [1.54, 1.807) is 11.3 Å². The van der Waals surface area contributed by atoms with Crippen molar-refractivity contribution in [1.82, 2.24) is 0 Å². The van der Waals surface area contributed by atoms with Crippen molar-refractivity contribution in [2.45, 2.75) is 19.5 Å². The van der Waals surface area contributed by atoms with Crippen molar-refractivity contribution < 1.29 is 0 Å². The van der Waals surface area contributed by atoms with Crippen LogP contribution in [0.5, 0.6) is 0 Å². The molecule has 0 fully saturated rings. The van der Waals surface area contributed by atoms with E-state index in [1.807, 2.05) is 18.2 Å². The van der Waals surface area contributed by atoms with Crippen LogP contribution in [-0.4, -0.2) is 7.05 Å². The number of halogens is 1. The second kappa shape index (κ2) is 5.74. The van der Waals surface area contributed by atoms with Gasteiger partial charge in [-0.15, -0.1) is 11.3 Å². The van der Waals surface area contributed by atoms with E-state index >= 15 is 0 Å². The van der Waals surface area contributed by atoms with Crippen molar-refractivity contribution in [3.63, 3.8) is 0 Å². The Morgan fingerprint density at radius 1 is 1.39 bits per heavy atom. The highest BCUT2D eigenvalue weighted by Crippen LogP contribution is 2.31. The van der Waals surface area contributed by atoms with E-state index < -0.39 is 0 Å². The Morgan fingerprint density at radius 2 is 2.17 bits per heavy atom. The summed E-state index contributed by atoms with van der Waals surface area (Å²) in [6.07, 6.45) is 0. The zero-order chi connectivity index (χ0) is 13.1. The lowest BCUT2D eigenvalue weighted by atomic mass is 10.1. The Hall–Kier alpha value is -1.03. The molecule has 1 unspecified atom stereocenters. The van der Waals surface area contributed by atoms with E-state index in [4.69, 9.17) is 17.3 Å². The van der Waals surface area contributed by atoms with Crippen LogP contribution in [0.25, 0.3) is 0 Å². The topological polar surface area (TPSA) is 29.3 Å². The fraction of sp³-hybridized carbons (Fsp3) is 0.286. The summed E-state index contributed by atoms with van der Waals surface area (Å²) in [5, 5.41) is 2.84. The zero-order valence-electron chi connectivity index (χ0n) is 10.6. The monoisotopic (exact) mass is 280 g/mol. The van der Waals surface area contributed by atoms with Gasteiger partial charge in [-0.1, -0.05) is 17.7 Å². The number of benzene rings is 1. The SMILES string of the molecule is CC(c1cccs1)N(C)c1ccc(Cl)cc1CN. The van der Waals surface area contributed by atoms with Gasteiger partial charge in [0.2, 0.25) is 0 Å². The summed E-state index contributed by atoms with van der Waals surface area (Å²) in [6, 6.07) is 10.5. The van der Waals surface area contributed by atoms with Crippen molar-refractivity contribution in [3.8, 4) is 0 Å². The molecule has 0 aliphatic rings. The average molecular weight is 281 g/mol. The van der Waals surface area contributed by atoms with Gasteiger partial charge in [0.05, 0.1) is 6.04 Å². The molecule has 2 N–H and O–H groups in total. The van der Waals surface area contributed by atoms with Gasteiger partial charge in [-0.05, 0) is 42.1 Å². The van der Waals surface area contributed by atoms with Gasteiger partial charge >= 0.3 is 0 Å². The molecule has 2 nitrogen and oxygen atoms in total. The summed E-state index contributed by atoms with van der Waals surface area (Å²) in [6.45, 7) is 2.69. The van der Waals surface area contributed by atoms with Crippen molar-refractivity contribution in [1.29, 1.82) is 0 Å². The summed E-state index contributed by atoms with van der Waals surface area (Å²) >= 11 is 7.78. The third kappa shape index (κ3) is 2.69. The van der Waals surface area contributed by atoms with Crippen molar-refractivity contribution >= 4 is 28.6 Å². The molecule has 4 heteroatoms. The molecule has 0 aliphatic heterocycles. The second-order valence-electron chi connectivity index (χ2n) is 4.28. The molecule has 0 aliphatic carbocycles. The molecule has 1 aromatic carbocycles. The van der Waals surface area contributed by atoms with E-state index in [1.165, 1.54) is 4.88 Å². The maximum absolute atomic E-state index is 6.01. The molecule has 1 aromatic heterocycles. The molecule has 0 saturated heterocycles. The third-order valence-electron chi connectivity index (χ3n) is 3.18. The Balaban J connectivity index is 2.31. The van der Waals surface area contributed by atoms with Crippen molar-refractivity contribution in [2.75, 3.05) is 11.9 Å². The van der Waals surface area contributed by atoms with E-state index in [-0.39, 0.29) is 0 Å². The van der Waals surface area contributed by atoms with Gasteiger partial charge in [0.15, 0.2) is 0 Å². The fourth-order valence-electron chi connectivity index (χ4n) is 1.99. The number of hydrogen-bond acceptors (Lipinski definition) is 3. The molecule has 1 atom stereocenters. The van der Waals surface area contributed by atoms with Gasteiger partial charge in [-0.25, -0.2) is 0 Å². The van der Waals surface area contributed by atoms with Gasteiger partial charge in [0, 0.05) is 29.2 Å². The minimum atomic E-state index is 0.330. The van der Waals surface area contributed by atoms with Crippen molar-refractivity contribution in [2.24, 2.45) is 5.73 Å². The molecule has 18 heavy (non-hydrogen) atoms. The van der Waals surface area contributed by atoms with Crippen LogP contribution in [0.15, 0.2) is 35.7 Å². The first-order valence-corrected chi connectivity index (χ1v) is 7.14. The fourth-order valence-corrected chi connectivity index (χ4v) is 3.01. The highest BCUT2D eigenvalue weighted by molar-refractivity contribution is 7.10. The smallest absolute Gasteiger partial charge is 0.0603 e. The maximum Gasteiger partial charge on any atom is 0.0603 e. The number of nitrogens with zero attached hydrogens (tertiary/aromatic N) is 1. The van der Waals surface area contributed by atoms with Crippen LogP contribution in [0, 0.1) is 0 Å². The Kier molecular flexibility index (Phi) is 4.27. The zero-order valence-corrected chi connectivity index (χ0v) is 12.1. The summed E-state index contributed by atoms with van der Waals surface area (Å²) in [4.78, 5) is 3.58. The average Bonchev–Trinajstić information content (AvgIpc) is 2.90. The number of hydrogen-bond donors (Lipinski definition) is 1. The highest BCUT2D eigenvalue weighted by Gasteiger charge is 2.15. The third-order valence-corrected chi connectivity index (χ3v) is 4.46. The largest absolute Gasteiger partial charge is 0.367 e. The van der Waals surface area contributed by atoms with E-state index in [0.29, 0.717) is 12.6 Å². The van der Waals surface area contributed by atoms with Gasteiger partial charge in [-0.2, -0.15) is 0 Å². The van der Waals surface area contributed by atoms with Crippen molar-refractivity contribution in [3.05, 3.63) is 51.2 Å². The van der Waals surface area contributed by atoms with Crippen LogP contribution in [-0.2, 0) is 6.54 Å². The predicted molar refractivity (Wildman–Crippen MR) is 80.5 cm³/mol. The first-order chi connectivity index (χ1) is 8.63. The van der Waals surface area contributed by atoms with Crippen LogP contribution >= 0.6 is 22.9 Å². The minimum Gasteiger partial charge on any atom is -0.367 e. The molecule has 0 amide bonds. The molecule has 2 rings (SSSR count). The quantitative estimate of drug-likeness (QED) is 0.915. The van der Waals surface area contributed by atoms with Gasteiger partial charge in [0.1, 0.15) is 0 Å². The van der Waals surface area contributed by atoms with Gasteiger partial charge < -0.3 is 10.6 Å². The lowest BCUT2D eigenvalue weighted by molar-refractivity contribution is 0.748. The normalized spacial score (nSPS) is 12.4. The van der Waals surface area contributed by atoms with E-state index in [0.717, 1.165) is 16.3 Å². The summed E-state index contributed by atoms with van der Waals surface area (Å²) in [5.74, 6) is 0. The molecule has 2 aromatic rings. The first-order valence-electron chi connectivity index (χ1n) is 5.88. The molecule has 0 radical (unpaired) electrons. The van der Waals surface area contributed by atoms with Gasteiger partial charge in [0.25, 0.3) is 0 Å². The molecule has 0 spiro atoms. The highest BCUT2D eigenvalue weighted by atomic mass is 35.5. The molecular formula is C14H17ClN2S. The second-order valence-corrected chi connectivity index (χ2v) is 5.70. The van der Waals surface area contributed by atoms with Crippen LogP contribution in [0.1, 0.15) is 23.4 Å². The predicted octanol–water partition coefficient (Wildman–Crippen LogP) is 4.06. The lowest BCUT2D eigenvalue weighted by Gasteiger charge is -2.28. The summed E-state index contributed by atoms with van der Waals surface area (Å²) in [7, 11) is 2.09. The Bertz CT molecular complexity index is 511. The number of rotatable bonds is 4.